The number of rotatable bonds is 5. The molecule has 4 rings (SSSR count). The lowest BCUT2D eigenvalue weighted by Crippen LogP contribution is -2.50. The zero-order valence-corrected chi connectivity index (χ0v) is 17.2. The highest BCUT2D eigenvalue weighted by molar-refractivity contribution is 7.09. The minimum atomic E-state index is -0.430. The van der Waals surface area contributed by atoms with E-state index in [1.165, 1.54) is 14.0 Å². The van der Waals surface area contributed by atoms with Gasteiger partial charge in [0.15, 0.2) is 0 Å². The molecule has 1 aromatic carbocycles. The number of amides is 1. The van der Waals surface area contributed by atoms with Gasteiger partial charge in [0.25, 0.3) is 5.56 Å². The Hall–Kier alpha value is -2.71. The van der Waals surface area contributed by atoms with E-state index in [-0.39, 0.29) is 24.6 Å². The Labute approximate surface area is 172 Å². The Kier molecular flexibility index (Phi) is 5.64. The van der Waals surface area contributed by atoms with Crippen molar-refractivity contribution in [3.63, 3.8) is 0 Å². The van der Waals surface area contributed by atoms with Crippen LogP contribution in [0.5, 0.6) is 0 Å². The molecule has 1 fully saturated rings. The molecule has 0 N–H and O–H groups in total. The molecule has 0 saturated carbocycles. The van der Waals surface area contributed by atoms with Gasteiger partial charge in [-0.25, -0.2) is 4.79 Å². The monoisotopic (exact) mass is 412 g/mol. The molecule has 0 bridgehead atoms. The average molecular weight is 413 g/mol. The molecule has 0 spiro atoms. The summed E-state index contributed by atoms with van der Waals surface area (Å²) in [4.78, 5) is 43.8. The number of hydrogen-bond donors (Lipinski definition) is 0. The molecular weight excluding hydrogens is 388 g/mol. The lowest BCUT2D eigenvalue weighted by atomic mass is 10.2. The van der Waals surface area contributed by atoms with E-state index >= 15 is 0 Å². The van der Waals surface area contributed by atoms with Crippen molar-refractivity contribution in [1.29, 1.82) is 0 Å². The molecule has 29 heavy (non-hydrogen) atoms. The third kappa shape index (κ3) is 3.90. The Balaban J connectivity index is 1.51. The maximum absolute atomic E-state index is 12.9. The first kappa shape index (κ1) is 19.6. The third-order valence-corrected chi connectivity index (χ3v) is 6.29. The number of benzene rings is 1. The summed E-state index contributed by atoms with van der Waals surface area (Å²) in [7, 11) is 0. The van der Waals surface area contributed by atoms with Gasteiger partial charge >= 0.3 is 5.69 Å². The van der Waals surface area contributed by atoms with Crippen LogP contribution in [0, 0.1) is 0 Å². The highest BCUT2D eigenvalue weighted by atomic mass is 32.1. The molecule has 1 amide bonds. The lowest BCUT2D eigenvalue weighted by Gasteiger charge is -2.34. The quantitative estimate of drug-likeness (QED) is 0.638. The number of carbonyl (C=O) groups excluding carboxylic acids is 1. The second kappa shape index (κ2) is 8.34. The van der Waals surface area contributed by atoms with Gasteiger partial charge in [0.1, 0.15) is 6.54 Å². The molecule has 0 atom stereocenters. The van der Waals surface area contributed by atoms with Crippen LogP contribution in [0.15, 0.2) is 51.4 Å². The summed E-state index contributed by atoms with van der Waals surface area (Å²) in [6.45, 7) is 5.81. The first-order valence-corrected chi connectivity index (χ1v) is 10.7. The van der Waals surface area contributed by atoms with Crippen LogP contribution in [0.2, 0.25) is 0 Å². The summed E-state index contributed by atoms with van der Waals surface area (Å²) >= 11 is 1.74. The van der Waals surface area contributed by atoms with E-state index in [4.69, 9.17) is 0 Å². The van der Waals surface area contributed by atoms with E-state index in [1.807, 2.05) is 4.90 Å². The topological polar surface area (TPSA) is 67.6 Å². The van der Waals surface area contributed by atoms with Gasteiger partial charge in [0, 0.05) is 44.1 Å². The van der Waals surface area contributed by atoms with E-state index in [2.05, 4.69) is 22.4 Å². The molecule has 0 radical (unpaired) electrons. The lowest BCUT2D eigenvalue weighted by molar-refractivity contribution is -0.133. The fraction of sp³-hybridized carbons (Fsp3) is 0.381. The summed E-state index contributed by atoms with van der Waals surface area (Å²) in [6.07, 6.45) is 0. The molecule has 3 heterocycles. The van der Waals surface area contributed by atoms with Crippen LogP contribution < -0.4 is 11.2 Å². The predicted molar refractivity (Wildman–Crippen MR) is 114 cm³/mol. The number of carbonyl (C=O) groups is 1. The van der Waals surface area contributed by atoms with Crippen molar-refractivity contribution >= 4 is 28.1 Å². The van der Waals surface area contributed by atoms with Crippen molar-refractivity contribution < 1.29 is 4.79 Å². The van der Waals surface area contributed by atoms with E-state index in [0.29, 0.717) is 24.0 Å². The SMILES string of the molecule is CCn1c(=O)c2ccccc2n(CC(=O)N2CCN(Cc3cccs3)CC2)c1=O. The largest absolute Gasteiger partial charge is 0.339 e. The molecule has 7 nitrogen and oxygen atoms in total. The Morgan fingerprint density at radius 3 is 2.45 bits per heavy atom. The standard InChI is InChI=1S/C21H24N4O3S/c1-2-24-20(27)17-7-3-4-8-18(17)25(21(24)28)15-19(26)23-11-9-22(10-12-23)14-16-6-5-13-29-16/h3-8,13H,2,9-12,14-15H2,1H3. The Morgan fingerprint density at radius 1 is 1.00 bits per heavy atom. The summed E-state index contributed by atoms with van der Waals surface area (Å²) in [5, 5.41) is 2.54. The van der Waals surface area contributed by atoms with Gasteiger partial charge in [0.05, 0.1) is 10.9 Å². The fourth-order valence-corrected chi connectivity index (χ4v) is 4.56. The van der Waals surface area contributed by atoms with Gasteiger partial charge in [-0.2, -0.15) is 0 Å². The second-order valence-electron chi connectivity index (χ2n) is 7.17. The molecule has 152 valence electrons. The van der Waals surface area contributed by atoms with Crippen molar-refractivity contribution in [2.24, 2.45) is 0 Å². The first-order chi connectivity index (χ1) is 14.1. The van der Waals surface area contributed by atoms with Gasteiger partial charge in [-0.1, -0.05) is 18.2 Å². The first-order valence-electron chi connectivity index (χ1n) is 9.83. The second-order valence-corrected chi connectivity index (χ2v) is 8.20. The Morgan fingerprint density at radius 2 is 1.76 bits per heavy atom. The molecule has 1 aliphatic rings. The summed E-state index contributed by atoms with van der Waals surface area (Å²) in [5.41, 5.74) is -0.225. The van der Waals surface area contributed by atoms with Crippen LogP contribution >= 0.6 is 11.3 Å². The van der Waals surface area contributed by atoms with Crippen LogP contribution in [0.25, 0.3) is 10.9 Å². The maximum Gasteiger partial charge on any atom is 0.331 e. The van der Waals surface area contributed by atoms with Crippen molar-refractivity contribution in [3.8, 4) is 0 Å². The third-order valence-electron chi connectivity index (χ3n) is 5.43. The zero-order chi connectivity index (χ0) is 20.4. The maximum atomic E-state index is 12.9. The molecular formula is C21H24N4O3S. The van der Waals surface area contributed by atoms with Gasteiger partial charge in [-0.05, 0) is 30.5 Å². The van der Waals surface area contributed by atoms with Crippen molar-refractivity contribution in [2.75, 3.05) is 26.2 Å². The van der Waals surface area contributed by atoms with Crippen molar-refractivity contribution in [3.05, 3.63) is 67.5 Å². The number of nitrogens with zero attached hydrogens (tertiary/aromatic N) is 4. The van der Waals surface area contributed by atoms with Crippen LogP contribution in [-0.4, -0.2) is 51.0 Å². The van der Waals surface area contributed by atoms with Crippen LogP contribution in [0.4, 0.5) is 0 Å². The molecule has 1 aliphatic heterocycles. The number of para-hydroxylation sites is 1. The summed E-state index contributed by atoms with van der Waals surface area (Å²) in [5.74, 6) is -0.0886. The molecule has 0 unspecified atom stereocenters. The normalized spacial score (nSPS) is 15.1. The van der Waals surface area contributed by atoms with Gasteiger partial charge < -0.3 is 4.90 Å². The van der Waals surface area contributed by atoms with Crippen LogP contribution in [-0.2, 0) is 24.4 Å². The van der Waals surface area contributed by atoms with Gasteiger partial charge in [-0.3, -0.25) is 23.6 Å². The molecule has 2 aromatic heterocycles. The Bertz CT molecular complexity index is 1130. The van der Waals surface area contributed by atoms with E-state index in [9.17, 15) is 14.4 Å². The molecule has 0 aliphatic carbocycles. The van der Waals surface area contributed by atoms with Crippen LogP contribution in [0.3, 0.4) is 0 Å². The number of hydrogen-bond acceptors (Lipinski definition) is 5. The highest BCUT2D eigenvalue weighted by Gasteiger charge is 2.23. The van der Waals surface area contributed by atoms with E-state index in [0.717, 1.165) is 19.6 Å². The van der Waals surface area contributed by atoms with Crippen molar-refractivity contribution in [2.45, 2.75) is 26.6 Å². The highest BCUT2D eigenvalue weighted by Crippen LogP contribution is 2.14. The number of fused-ring (bicyclic) bond motifs is 1. The number of piperazine rings is 1. The summed E-state index contributed by atoms with van der Waals surface area (Å²) < 4.78 is 2.62. The molecule has 3 aromatic rings. The van der Waals surface area contributed by atoms with Crippen molar-refractivity contribution in [1.82, 2.24) is 18.9 Å². The zero-order valence-electron chi connectivity index (χ0n) is 16.4. The number of thiophene rings is 1. The minimum absolute atomic E-state index is 0.0510. The molecule has 8 heteroatoms. The average Bonchev–Trinajstić information content (AvgIpc) is 3.25. The van der Waals surface area contributed by atoms with Crippen LogP contribution in [0.1, 0.15) is 11.8 Å². The summed E-state index contributed by atoms with van der Waals surface area (Å²) in [6, 6.07) is 11.2. The minimum Gasteiger partial charge on any atom is -0.339 e. The smallest absolute Gasteiger partial charge is 0.331 e. The van der Waals surface area contributed by atoms with E-state index < -0.39 is 5.69 Å². The van der Waals surface area contributed by atoms with E-state index in [1.54, 1.807) is 42.5 Å². The number of aromatic nitrogens is 2. The van der Waals surface area contributed by atoms with Gasteiger partial charge in [-0.15, -0.1) is 11.3 Å². The predicted octanol–water partition coefficient (Wildman–Crippen LogP) is 1.59. The molecule has 1 saturated heterocycles. The van der Waals surface area contributed by atoms with Gasteiger partial charge in [0.2, 0.25) is 5.91 Å². The fourth-order valence-electron chi connectivity index (χ4n) is 3.82.